The number of fused-ring (bicyclic) bond motifs is 1. The monoisotopic (exact) mass is 314 g/mol. The Balaban J connectivity index is 1.48. The van der Waals surface area contributed by atoms with Gasteiger partial charge in [-0.1, -0.05) is 29.4 Å². The predicted molar refractivity (Wildman–Crippen MR) is 89.4 cm³/mol. The summed E-state index contributed by atoms with van der Waals surface area (Å²) in [6, 6.07) is 12.0. The molecule has 0 aliphatic carbocycles. The fourth-order valence-electron chi connectivity index (χ4n) is 2.52. The molecule has 1 aromatic heterocycles. The molecule has 23 heavy (non-hydrogen) atoms. The van der Waals surface area contributed by atoms with Gasteiger partial charge in [0, 0.05) is 12.0 Å². The van der Waals surface area contributed by atoms with E-state index in [0.29, 0.717) is 13.2 Å². The van der Waals surface area contributed by atoms with Gasteiger partial charge in [0.25, 0.3) is 0 Å². The molecule has 5 nitrogen and oxygen atoms in total. The van der Waals surface area contributed by atoms with Crippen LogP contribution in [-0.4, -0.2) is 36.8 Å². The van der Waals surface area contributed by atoms with Gasteiger partial charge in [0.2, 0.25) is 0 Å². The van der Waals surface area contributed by atoms with Gasteiger partial charge in [0.1, 0.15) is 12.3 Å². The molecule has 1 aromatic carbocycles. The van der Waals surface area contributed by atoms with E-state index in [1.165, 1.54) is 0 Å². The first kappa shape index (κ1) is 15.9. The quantitative estimate of drug-likeness (QED) is 0.465. The van der Waals surface area contributed by atoms with Crippen LogP contribution in [0, 0.1) is 0 Å². The number of oxime groups is 1. The molecule has 1 unspecified atom stereocenters. The van der Waals surface area contributed by atoms with Crippen LogP contribution in [0.1, 0.15) is 31.9 Å². The number of pyridine rings is 1. The van der Waals surface area contributed by atoms with Gasteiger partial charge in [-0.05, 0) is 38.3 Å². The lowest BCUT2D eigenvalue weighted by atomic mass is 10.2. The van der Waals surface area contributed by atoms with E-state index in [4.69, 9.17) is 14.3 Å². The van der Waals surface area contributed by atoms with Crippen LogP contribution in [-0.2, 0) is 14.3 Å². The van der Waals surface area contributed by atoms with Gasteiger partial charge in [-0.2, -0.15) is 0 Å². The number of para-hydroxylation sites is 1. The Hall–Kier alpha value is -1.98. The minimum absolute atomic E-state index is 0.0837. The summed E-state index contributed by atoms with van der Waals surface area (Å²) < 4.78 is 11.1. The van der Waals surface area contributed by atoms with Crippen molar-refractivity contribution in [2.24, 2.45) is 5.16 Å². The molecule has 0 spiro atoms. The normalized spacial score (nSPS) is 19.0. The summed E-state index contributed by atoms with van der Waals surface area (Å²) >= 11 is 0. The largest absolute Gasteiger partial charge is 0.393 e. The lowest BCUT2D eigenvalue weighted by Crippen LogP contribution is -2.23. The Kier molecular flexibility index (Phi) is 5.56. The van der Waals surface area contributed by atoms with Crippen LogP contribution in [0.15, 0.2) is 41.6 Å². The zero-order valence-electron chi connectivity index (χ0n) is 13.4. The first-order valence-corrected chi connectivity index (χ1v) is 8.09. The zero-order valence-corrected chi connectivity index (χ0v) is 13.4. The Labute approximate surface area is 136 Å². The molecule has 1 aliphatic heterocycles. The Bertz CT molecular complexity index is 666. The highest BCUT2D eigenvalue weighted by molar-refractivity contribution is 5.98. The van der Waals surface area contributed by atoms with Crippen LogP contribution >= 0.6 is 0 Å². The topological polar surface area (TPSA) is 52.9 Å². The summed E-state index contributed by atoms with van der Waals surface area (Å²) in [6.45, 7) is 3.57. The second kappa shape index (κ2) is 8.04. The van der Waals surface area contributed by atoms with Crippen molar-refractivity contribution in [2.75, 3.05) is 19.8 Å². The first-order valence-electron chi connectivity index (χ1n) is 8.09. The van der Waals surface area contributed by atoms with Crippen molar-refractivity contribution in [3.8, 4) is 0 Å². The van der Waals surface area contributed by atoms with Gasteiger partial charge in [0.05, 0.1) is 17.8 Å². The summed E-state index contributed by atoms with van der Waals surface area (Å²) in [5.74, 6) is 0. The van der Waals surface area contributed by atoms with Crippen LogP contribution in [0.2, 0.25) is 0 Å². The zero-order chi connectivity index (χ0) is 15.9. The second-order valence-corrected chi connectivity index (χ2v) is 5.57. The van der Waals surface area contributed by atoms with Gasteiger partial charge >= 0.3 is 0 Å². The van der Waals surface area contributed by atoms with Crippen molar-refractivity contribution in [1.82, 2.24) is 4.98 Å². The summed E-state index contributed by atoms with van der Waals surface area (Å²) in [6.07, 6.45) is 3.16. The molecule has 5 heteroatoms. The standard InChI is InChI=1S/C18H22N2O3/c1-14(16-10-9-15-6-2-3-7-17(15)19-16)20-23-13-12-22-18-8-4-5-11-21-18/h2-3,6-7,9-10,18H,4-5,8,11-13H2,1H3. The smallest absolute Gasteiger partial charge is 0.157 e. The highest BCUT2D eigenvalue weighted by Gasteiger charge is 2.13. The molecule has 122 valence electrons. The Morgan fingerprint density at radius 3 is 3.00 bits per heavy atom. The lowest BCUT2D eigenvalue weighted by molar-refractivity contribution is -0.169. The number of aromatic nitrogens is 1. The van der Waals surface area contributed by atoms with Crippen molar-refractivity contribution in [3.63, 3.8) is 0 Å². The van der Waals surface area contributed by atoms with Crippen molar-refractivity contribution < 1.29 is 14.3 Å². The number of nitrogens with zero attached hydrogens (tertiary/aromatic N) is 2. The van der Waals surface area contributed by atoms with E-state index in [1.807, 2.05) is 43.3 Å². The summed E-state index contributed by atoms with van der Waals surface area (Å²) in [4.78, 5) is 9.91. The van der Waals surface area contributed by atoms with Crippen LogP contribution in [0.3, 0.4) is 0 Å². The van der Waals surface area contributed by atoms with Crippen molar-refractivity contribution in [1.29, 1.82) is 0 Å². The molecule has 1 aliphatic rings. The fraction of sp³-hybridized carbons (Fsp3) is 0.444. The van der Waals surface area contributed by atoms with E-state index < -0.39 is 0 Å². The van der Waals surface area contributed by atoms with E-state index in [9.17, 15) is 0 Å². The van der Waals surface area contributed by atoms with Gasteiger partial charge in [-0.15, -0.1) is 0 Å². The van der Waals surface area contributed by atoms with Crippen LogP contribution in [0.4, 0.5) is 0 Å². The molecule has 0 amide bonds. The van der Waals surface area contributed by atoms with Gasteiger partial charge < -0.3 is 14.3 Å². The van der Waals surface area contributed by atoms with Crippen molar-refractivity contribution in [2.45, 2.75) is 32.5 Å². The molecule has 0 saturated carbocycles. The van der Waals surface area contributed by atoms with E-state index >= 15 is 0 Å². The molecule has 1 fully saturated rings. The van der Waals surface area contributed by atoms with Crippen LogP contribution < -0.4 is 0 Å². The third kappa shape index (κ3) is 4.50. The molecule has 0 bridgehead atoms. The molecule has 2 aromatic rings. The number of hydrogen-bond acceptors (Lipinski definition) is 5. The molecule has 0 radical (unpaired) electrons. The summed E-state index contributed by atoms with van der Waals surface area (Å²) in [5, 5.41) is 5.23. The van der Waals surface area contributed by atoms with E-state index in [0.717, 1.165) is 48.2 Å². The van der Waals surface area contributed by atoms with Gasteiger partial charge in [-0.3, -0.25) is 0 Å². The molecular weight excluding hydrogens is 292 g/mol. The number of hydrogen-bond donors (Lipinski definition) is 0. The molecule has 3 rings (SSSR count). The van der Waals surface area contributed by atoms with Crippen LogP contribution in [0.25, 0.3) is 10.9 Å². The van der Waals surface area contributed by atoms with E-state index in [1.54, 1.807) is 0 Å². The number of benzene rings is 1. The molecule has 2 heterocycles. The summed E-state index contributed by atoms with van der Waals surface area (Å²) in [7, 11) is 0. The minimum Gasteiger partial charge on any atom is -0.393 e. The maximum atomic E-state index is 5.60. The average molecular weight is 314 g/mol. The average Bonchev–Trinajstić information content (AvgIpc) is 2.61. The predicted octanol–water partition coefficient (Wildman–Crippen LogP) is 3.52. The van der Waals surface area contributed by atoms with Crippen molar-refractivity contribution in [3.05, 3.63) is 42.1 Å². The summed E-state index contributed by atoms with van der Waals surface area (Å²) in [5.41, 5.74) is 2.53. The number of rotatable bonds is 6. The van der Waals surface area contributed by atoms with Crippen molar-refractivity contribution >= 4 is 16.6 Å². The number of ether oxygens (including phenoxy) is 2. The molecular formula is C18H22N2O3. The molecule has 0 N–H and O–H groups in total. The highest BCUT2D eigenvalue weighted by Crippen LogP contribution is 2.14. The Morgan fingerprint density at radius 1 is 1.22 bits per heavy atom. The van der Waals surface area contributed by atoms with Gasteiger partial charge in [0.15, 0.2) is 6.29 Å². The first-order chi connectivity index (χ1) is 11.3. The third-order valence-corrected chi connectivity index (χ3v) is 3.79. The van der Waals surface area contributed by atoms with E-state index in [2.05, 4.69) is 10.1 Å². The molecule has 1 atom stereocenters. The maximum absolute atomic E-state index is 5.60. The Morgan fingerprint density at radius 2 is 2.13 bits per heavy atom. The maximum Gasteiger partial charge on any atom is 0.157 e. The molecule has 1 saturated heterocycles. The van der Waals surface area contributed by atoms with Crippen LogP contribution in [0.5, 0.6) is 0 Å². The lowest BCUT2D eigenvalue weighted by Gasteiger charge is -2.22. The fourth-order valence-corrected chi connectivity index (χ4v) is 2.52. The highest BCUT2D eigenvalue weighted by atomic mass is 16.7. The van der Waals surface area contributed by atoms with E-state index in [-0.39, 0.29) is 6.29 Å². The minimum atomic E-state index is -0.0837. The third-order valence-electron chi connectivity index (χ3n) is 3.79. The van der Waals surface area contributed by atoms with Gasteiger partial charge in [-0.25, -0.2) is 4.98 Å². The second-order valence-electron chi connectivity index (χ2n) is 5.57. The SMILES string of the molecule is CC(=NOCCOC1CCCCO1)c1ccc2ccccc2n1.